The molecule has 0 bridgehead atoms. The largest absolute Gasteiger partial charge is 0.493 e. The minimum atomic E-state index is -0.254. The first-order chi connectivity index (χ1) is 15.1. The fourth-order valence-electron chi connectivity index (χ4n) is 3.13. The molecule has 2 aromatic carbocycles. The molecule has 7 nitrogen and oxygen atoms in total. The smallest absolute Gasteiger partial charge is 0.256 e. The predicted octanol–water partition coefficient (Wildman–Crippen LogP) is 4.54. The van der Waals surface area contributed by atoms with Crippen molar-refractivity contribution in [3.8, 4) is 11.5 Å². The molecule has 0 radical (unpaired) electrons. The van der Waals surface area contributed by atoms with Gasteiger partial charge < -0.3 is 14.8 Å². The molecule has 2 aromatic heterocycles. The highest BCUT2D eigenvalue weighted by atomic mass is 32.1. The number of anilines is 1. The standard InChI is InChI=1S/C23H22N4O3S/c1-16-4-3-5-17(10-16)12-27-22(8-9-25-27)26-23(28)18-6-7-20(21(11-18)29-2)30-13-19-14-31-15-24-19/h3-11,14-15H,12-13H2,1-2H3,(H,26,28). The number of methoxy groups -OCH3 is 1. The molecule has 1 amide bonds. The molecule has 0 unspecified atom stereocenters. The van der Waals surface area contributed by atoms with Gasteiger partial charge in [-0.1, -0.05) is 29.8 Å². The number of thiazole rings is 1. The zero-order valence-corrected chi connectivity index (χ0v) is 18.1. The summed E-state index contributed by atoms with van der Waals surface area (Å²) in [5.41, 5.74) is 5.35. The van der Waals surface area contributed by atoms with Crippen molar-refractivity contribution in [3.05, 3.63) is 88.0 Å². The van der Waals surface area contributed by atoms with Crippen LogP contribution < -0.4 is 14.8 Å². The van der Waals surface area contributed by atoms with Gasteiger partial charge >= 0.3 is 0 Å². The summed E-state index contributed by atoms with van der Waals surface area (Å²) in [6.45, 7) is 2.95. The van der Waals surface area contributed by atoms with Gasteiger partial charge in [0, 0.05) is 17.0 Å². The van der Waals surface area contributed by atoms with Gasteiger partial charge in [0.2, 0.25) is 0 Å². The molecule has 0 aliphatic rings. The van der Waals surface area contributed by atoms with Gasteiger partial charge in [0.05, 0.1) is 31.1 Å². The number of ether oxygens (including phenoxy) is 2. The Morgan fingerprint density at radius 2 is 2.06 bits per heavy atom. The van der Waals surface area contributed by atoms with Crippen LogP contribution in [-0.4, -0.2) is 27.8 Å². The van der Waals surface area contributed by atoms with Gasteiger partial charge in [-0.2, -0.15) is 5.10 Å². The highest BCUT2D eigenvalue weighted by Crippen LogP contribution is 2.29. The van der Waals surface area contributed by atoms with Gasteiger partial charge in [0.1, 0.15) is 12.4 Å². The van der Waals surface area contributed by atoms with Gasteiger partial charge in [0.15, 0.2) is 11.5 Å². The third kappa shape index (κ3) is 5.10. The SMILES string of the molecule is COc1cc(C(=O)Nc2ccnn2Cc2cccc(C)c2)ccc1OCc1cscn1. The normalized spacial score (nSPS) is 10.6. The zero-order chi connectivity index (χ0) is 21.6. The topological polar surface area (TPSA) is 78.3 Å². The molecule has 0 fully saturated rings. The quantitative estimate of drug-likeness (QED) is 0.441. The highest BCUT2D eigenvalue weighted by Gasteiger charge is 2.14. The van der Waals surface area contributed by atoms with E-state index in [1.165, 1.54) is 16.9 Å². The van der Waals surface area contributed by atoms with Crippen molar-refractivity contribution in [2.24, 2.45) is 0 Å². The Hall–Kier alpha value is -3.65. The lowest BCUT2D eigenvalue weighted by Crippen LogP contribution is -2.16. The second kappa shape index (κ2) is 9.44. The van der Waals surface area contributed by atoms with E-state index in [1.54, 1.807) is 47.8 Å². The first kappa shape index (κ1) is 20.6. The molecule has 0 aliphatic heterocycles. The van der Waals surface area contributed by atoms with Crippen LogP contribution in [0.3, 0.4) is 0 Å². The molecule has 4 rings (SSSR count). The van der Waals surface area contributed by atoms with E-state index in [0.717, 1.165) is 11.3 Å². The Bertz CT molecular complexity index is 1170. The van der Waals surface area contributed by atoms with Gasteiger partial charge in [0.25, 0.3) is 5.91 Å². The number of nitrogens with zero attached hydrogens (tertiary/aromatic N) is 3. The summed E-state index contributed by atoms with van der Waals surface area (Å²) in [5, 5.41) is 9.18. The molecule has 0 atom stereocenters. The number of rotatable bonds is 8. The molecule has 0 saturated carbocycles. The van der Waals surface area contributed by atoms with E-state index >= 15 is 0 Å². The first-order valence-electron chi connectivity index (χ1n) is 9.69. The van der Waals surface area contributed by atoms with E-state index in [4.69, 9.17) is 9.47 Å². The summed E-state index contributed by atoms with van der Waals surface area (Å²) in [6.07, 6.45) is 1.67. The van der Waals surface area contributed by atoms with Crippen LogP contribution in [0, 0.1) is 6.92 Å². The molecule has 0 aliphatic carbocycles. The predicted molar refractivity (Wildman–Crippen MR) is 120 cm³/mol. The number of amides is 1. The van der Waals surface area contributed by atoms with Gasteiger partial charge in [-0.15, -0.1) is 11.3 Å². The maximum atomic E-state index is 12.8. The van der Waals surface area contributed by atoms with E-state index in [1.807, 2.05) is 30.5 Å². The van der Waals surface area contributed by atoms with Crippen LogP contribution in [0.1, 0.15) is 27.2 Å². The molecule has 0 spiro atoms. The monoisotopic (exact) mass is 434 g/mol. The average Bonchev–Trinajstić information content (AvgIpc) is 3.44. The number of hydrogen-bond donors (Lipinski definition) is 1. The Morgan fingerprint density at radius 3 is 2.84 bits per heavy atom. The van der Waals surface area contributed by atoms with E-state index in [0.29, 0.717) is 36.0 Å². The summed E-state index contributed by atoms with van der Waals surface area (Å²) < 4.78 is 13.0. The summed E-state index contributed by atoms with van der Waals surface area (Å²) >= 11 is 1.51. The van der Waals surface area contributed by atoms with E-state index < -0.39 is 0 Å². The van der Waals surface area contributed by atoms with Crippen molar-refractivity contribution in [2.45, 2.75) is 20.1 Å². The van der Waals surface area contributed by atoms with Crippen LogP contribution in [-0.2, 0) is 13.2 Å². The molecular weight excluding hydrogens is 412 g/mol. The fraction of sp³-hybridized carbons (Fsp3) is 0.174. The van der Waals surface area contributed by atoms with E-state index in [2.05, 4.69) is 21.5 Å². The average molecular weight is 435 g/mol. The minimum Gasteiger partial charge on any atom is -0.493 e. The van der Waals surface area contributed by atoms with Crippen molar-refractivity contribution in [1.82, 2.24) is 14.8 Å². The molecule has 31 heavy (non-hydrogen) atoms. The summed E-state index contributed by atoms with van der Waals surface area (Å²) in [5.74, 6) is 1.40. The molecular formula is C23H22N4O3S. The van der Waals surface area contributed by atoms with Crippen LogP contribution >= 0.6 is 11.3 Å². The van der Waals surface area contributed by atoms with Crippen molar-refractivity contribution in [3.63, 3.8) is 0 Å². The van der Waals surface area contributed by atoms with E-state index in [-0.39, 0.29) is 5.91 Å². The third-order valence-corrected chi connectivity index (χ3v) is 5.29. The Labute approximate surface area is 184 Å². The van der Waals surface area contributed by atoms with Crippen LogP contribution in [0.4, 0.5) is 5.82 Å². The Kier molecular flexibility index (Phi) is 6.28. The third-order valence-electron chi connectivity index (χ3n) is 4.66. The first-order valence-corrected chi connectivity index (χ1v) is 10.6. The Balaban J connectivity index is 1.46. The molecule has 4 aromatic rings. The molecule has 1 N–H and O–H groups in total. The van der Waals surface area contributed by atoms with Gasteiger partial charge in [-0.25, -0.2) is 9.67 Å². The highest BCUT2D eigenvalue weighted by molar-refractivity contribution is 7.07. The lowest BCUT2D eigenvalue weighted by molar-refractivity contribution is 0.102. The number of aryl methyl sites for hydroxylation is 1. The van der Waals surface area contributed by atoms with Gasteiger partial charge in [-0.3, -0.25) is 4.79 Å². The lowest BCUT2D eigenvalue weighted by Gasteiger charge is -2.13. The number of carbonyl (C=O) groups excluding carboxylic acids is 1. The summed E-state index contributed by atoms with van der Waals surface area (Å²) in [4.78, 5) is 17.0. The van der Waals surface area contributed by atoms with Crippen LogP contribution in [0.2, 0.25) is 0 Å². The van der Waals surface area contributed by atoms with Gasteiger partial charge in [-0.05, 0) is 30.7 Å². The molecule has 158 valence electrons. The van der Waals surface area contributed by atoms with Crippen molar-refractivity contribution in [1.29, 1.82) is 0 Å². The number of hydrogen-bond acceptors (Lipinski definition) is 6. The fourth-order valence-corrected chi connectivity index (χ4v) is 3.67. The number of nitrogens with one attached hydrogen (secondary N) is 1. The van der Waals surface area contributed by atoms with Crippen molar-refractivity contribution >= 4 is 23.1 Å². The lowest BCUT2D eigenvalue weighted by atomic mass is 10.1. The van der Waals surface area contributed by atoms with Crippen LogP contribution in [0.5, 0.6) is 11.5 Å². The van der Waals surface area contributed by atoms with Crippen LogP contribution in [0.15, 0.2) is 65.6 Å². The number of carbonyl (C=O) groups is 1. The van der Waals surface area contributed by atoms with E-state index in [9.17, 15) is 4.79 Å². The van der Waals surface area contributed by atoms with Crippen molar-refractivity contribution < 1.29 is 14.3 Å². The Morgan fingerprint density at radius 1 is 1.16 bits per heavy atom. The summed E-state index contributed by atoms with van der Waals surface area (Å²) in [6, 6.07) is 15.1. The van der Waals surface area contributed by atoms with Crippen LogP contribution in [0.25, 0.3) is 0 Å². The van der Waals surface area contributed by atoms with Crippen molar-refractivity contribution in [2.75, 3.05) is 12.4 Å². The summed E-state index contributed by atoms with van der Waals surface area (Å²) in [7, 11) is 1.55. The number of benzene rings is 2. The maximum Gasteiger partial charge on any atom is 0.256 e. The zero-order valence-electron chi connectivity index (χ0n) is 17.2. The maximum absolute atomic E-state index is 12.8. The molecule has 0 saturated heterocycles. The molecule has 2 heterocycles. The minimum absolute atomic E-state index is 0.254. The number of aromatic nitrogens is 3. The second-order valence-electron chi connectivity index (χ2n) is 6.95. The molecule has 8 heteroatoms. The second-order valence-corrected chi connectivity index (χ2v) is 7.67.